The Balaban J connectivity index is 1.93. The van der Waals surface area contributed by atoms with Crippen LogP contribution in [0.1, 0.15) is 16.2 Å². The molecule has 0 atom stereocenters. The van der Waals surface area contributed by atoms with Crippen LogP contribution in [0.25, 0.3) is 0 Å². The largest absolute Gasteiger partial charge is 0.351 e. The lowest BCUT2D eigenvalue weighted by atomic mass is 10.2. The highest BCUT2D eigenvalue weighted by atomic mass is 127. The molecular formula is C11H9BrIN3O2. The summed E-state index contributed by atoms with van der Waals surface area (Å²) in [4.78, 5) is 15.8. The van der Waals surface area contributed by atoms with E-state index in [2.05, 4.69) is 54.0 Å². The van der Waals surface area contributed by atoms with Crippen molar-refractivity contribution in [3.05, 3.63) is 44.0 Å². The molecule has 1 N–H and O–H groups in total. The molecule has 0 spiro atoms. The van der Waals surface area contributed by atoms with Crippen LogP contribution in [0.4, 0.5) is 0 Å². The highest BCUT2D eigenvalue weighted by Gasteiger charge is 2.10. The summed E-state index contributed by atoms with van der Waals surface area (Å²) < 4.78 is 6.63. The van der Waals surface area contributed by atoms with Crippen molar-refractivity contribution >= 4 is 44.4 Å². The summed E-state index contributed by atoms with van der Waals surface area (Å²) in [6.07, 6.45) is 1.86. The van der Waals surface area contributed by atoms with Crippen LogP contribution in [-0.4, -0.2) is 22.6 Å². The molecule has 0 saturated carbocycles. The smallest absolute Gasteiger partial charge is 0.252 e. The van der Waals surface area contributed by atoms with Crippen LogP contribution in [0.3, 0.4) is 0 Å². The third-order valence-corrected chi connectivity index (χ3v) is 3.57. The second-order valence-corrected chi connectivity index (χ2v) is 5.57. The SMILES string of the molecule is O=C(NCCc1ncno1)c1cc(I)ccc1Br. The maximum Gasteiger partial charge on any atom is 0.252 e. The van der Waals surface area contributed by atoms with E-state index in [1.54, 1.807) is 0 Å². The molecule has 1 heterocycles. The van der Waals surface area contributed by atoms with E-state index in [4.69, 9.17) is 4.52 Å². The summed E-state index contributed by atoms with van der Waals surface area (Å²) in [6, 6.07) is 5.61. The average molecular weight is 422 g/mol. The zero-order valence-corrected chi connectivity index (χ0v) is 12.9. The monoisotopic (exact) mass is 421 g/mol. The van der Waals surface area contributed by atoms with Crippen LogP contribution in [0.5, 0.6) is 0 Å². The predicted molar refractivity (Wildman–Crippen MR) is 77.2 cm³/mol. The minimum atomic E-state index is -0.125. The number of hydrogen-bond acceptors (Lipinski definition) is 4. The fraction of sp³-hybridized carbons (Fsp3) is 0.182. The van der Waals surface area contributed by atoms with Crippen molar-refractivity contribution in [2.75, 3.05) is 6.54 Å². The van der Waals surface area contributed by atoms with E-state index in [1.165, 1.54) is 6.33 Å². The van der Waals surface area contributed by atoms with Crippen molar-refractivity contribution in [3.63, 3.8) is 0 Å². The first-order valence-electron chi connectivity index (χ1n) is 5.15. The number of nitrogens with zero attached hydrogens (tertiary/aromatic N) is 2. The van der Waals surface area contributed by atoms with Crippen LogP contribution >= 0.6 is 38.5 Å². The third-order valence-electron chi connectivity index (χ3n) is 2.20. The number of halogens is 2. The van der Waals surface area contributed by atoms with E-state index in [-0.39, 0.29) is 5.91 Å². The van der Waals surface area contributed by atoms with Crippen molar-refractivity contribution in [2.24, 2.45) is 0 Å². The van der Waals surface area contributed by atoms with Gasteiger partial charge in [-0.3, -0.25) is 4.79 Å². The van der Waals surface area contributed by atoms with E-state index >= 15 is 0 Å². The minimum absolute atomic E-state index is 0.125. The minimum Gasteiger partial charge on any atom is -0.351 e. The summed E-state index contributed by atoms with van der Waals surface area (Å²) >= 11 is 5.52. The number of amides is 1. The third kappa shape index (κ3) is 3.52. The molecule has 5 nitrogen and oxygen atoms in total. The van der Waals surface area contributed by atoms with Gasteiger partial charge in [0.25, 0.3) is 5.91 Å². The molecule has 0 aliphatic carbocycles. The molecule has 18 heavy (non-hydrogen) atoms. The summed E-state index contributed by atoms with van der Waals surface area (Å²) in [5.41, 5.74) is 0.618. The Kier molecular flexibility index (Phi) is 4.70. The van der Waals surface area contributed by atoms with Gasteiger partial charge in [0.1, 0.15) is 0 Å². The number of rotatable bonds is 4. The summed E-state index contributed by atoms with van der Waals surface area (Å²) in [5.74, 6) is 0.386. The van der Waals surface area contributed by atoms with Crippen molar-refractivity contribution in [1.29, 1.82) is 0 Å². The fourth-order valence-corrected chi connectivity index (χ4v) is 2.27. The molecule has 0 fully saturated rings. The van der Waals surface area contributed by atoms with Crippen molar-refractivity contribution in [2.45, 2.75) is 6.42 Å². The lowest BCUT2D eigenvalue weighted by Gasteiger charge is -2.06. The number of hydrogen-bond donors (Lipinski definition) is 1. The van der Waals surface area contributed by atoms with E-state index < -0.39 is 0 Å². The maximum atomic E-state index is 11.9. The molecule has 0 unspecified atom stereocenters. The maximum absolute atomic E-state index is 11.9. The fourth-order valence-electron chi connectivity index (χ4n) is 1.36. The molecule has 0 aliphatic rings. The number of carbonyl (C=O) groups excluding carboxylic acids is 1. The molecule has 94 valence electrons. The Morgan fingerprint density at radius 2 is 2.33 bits per heavy atom. The van der Waals surface area contributed by atoms with Gasteiger partial charge in [-0.05, 0) is 56.7 Å². The number of aromatic nitrogens is 2. The van der Waals surface area contributed by atoms with Gasteiger partial charge < -0.3 is 9.84 Å². The first-order chi connectivity index (χ1) is 8.66. The van der Waals surface area contributed by atoms with E-state index in [9.17, 15) is 4.79 Å². The lowest BCUT2D eigenvalue weighted by molar-refractivity contribution is 0.0952. The molecular weight excluding hydrogens is 413 g/mol. The second-order valence-electron chi connectivity index (χ2n) is 3.47. The Morgan fingerprint density at radius 3 is 3.06 bits per heavy atom. The molecule has 0 saturated heterocycles. The van der Waals surface area contributed by atoms with Crippen LogP contribution in [-0.2, 0) is 6.42 Å². The van der Waals surface area contributed by atoms with Crippen molar-refractivity contribution in [3.8, 4) is 0 Å². The predicted octanol–water partition coefficient (Wildman–Crippen LogP) is 2.41. The Bertz CT molecular complexity index is 545. The van der Waals surface area contributed by atoms with Gasteiger partial charge in [-0.25, -0.2) is 0 Å². The van der Waals surface area contributed by atoms with Crippen LogP contribution in [0.15, 0.2) is 33.5 Å². The highest BCUT2D eigenvalue weighted by Crippen LogP contribution is 2.19. The van der Waals surface area contributed by atoms with Crippen molar-refractivity contribution in [1.82, 2.24) is 15.5 Å². The van der Waals surface area contributed by atoms with Gasteiger partial charge in [0.15, 0.2) is 6.33 Å². The normalized spacial score (nSPS) is 10.3. The topological polar surface area (TPSA) is 68.0 Å². The molecule has 1 amide bonds. The van der Waals surface area contributed by atoms with Gasteiger partial charge in [-0.1, -0.05) is 5.16 Å². The van der Waals surface area contributed by atoms with Crippen LogP contribution in [0, 0.1) is 3.57 Å². The molecule has 2 aromatic rings. The molecule has 2 rings (SSSR count). The molecule has 0 bridgehead atoms. The standard InChI is InChI=1S/C11H9BrIN3O2/c12-9-2-1-7(13)5-8(9)11(17)14-4-3-10-15-6-16-18-10/h1-2,5-6H,3-4H2,(H,14,17). The van der Waals surface area contributed by atoms with Crippen LogP contribution in [0.2, 0.25) is 0 Å². The average Bonchev–Trinajstić information content (AvgIpc) is 2.85. The quantitative estimate of drug-likeness (QED) is 0.769. The van der Waals surface area contributed by atoms with Gasteiger partial charge in [-0.2, -0.15) is 4.98 Å². The van der Waals surface area contributed by atoms with Gasteiger partial charge in [0, 0.05) is 21.0 Å². The Morgan fingerprint density at radius 1 is 1.50 bits per heavy atom. The van der Waals surface area contributed by atoms with E-state index in [1.807, 2.05) is 18.2 Å². The lowest BCUT2D eigenvalue weighted by Crippen LogP contribution is -2.26. The number of carbonyl (C=O) groups is 1. The first-order valence-corrected chi connectivity index (χ1v) is 7.03. The van der Waals surface area contributed by atoms with Gasteiger partial charge in [0.05, 0.1) is 5.56 Å². The summed E-state index contributed by atoms with van der Waals surface area (Å²) in [6.45, 7) is 0.457. The van der Waals surface area contributed by atoms with E-state index in [0.717, 1.165) is 8.04 Å². The first kappa shape index (κ1) is 13.5. The molecule has 1 aromatic carbocycles. The number of benzene rings is 1. The van der Waals surface area contributed by atoms with Gasteiger partial charge in [0.2, 0.25) is 5.89 Å². The Labute approximate surface area is 126 Å². The Hall–Kier alpha value is -0.960. The molecule has 1 aromatic heterocycles. The summed E-state index contributed by atoms with van der Waals surface area (Å²) in [5, 5.41) is 6.30. The highest BCUT2D eigenvalue weighted by molar-refractivity contribution is 14.1. The zero-order valence-electron chi connectivity index (χ0n) is 9.19. The summed E-state index contributed by atoms with van der Waals surface area (Å²) in [7, 11) is 0. The molecule has 7 heteroatoms. The molecule has 0 aliphatic heterocycles. The van der Waals surface area contributed by atoms with Gasteiger partial charge >= 0.3 is 0 Å². The van der Waals surface area contributed by atoms with Gasteiger partial charge in [-0.15, -0.1) is 0 Å². The number of nitrogens with one attached hydrogen (secondary N) is 1. The zero-order chi connectivity index (χ0) is 13.0. The van der Waals surface area contributed by atoms with Crippen molar-refractivity contribution < 1.29 is 9.32 Å². The molecule has 0 radical (unpaired) electrons. The second kappa shape index (κ2) is 6.28. The van der Waals surface area contributed by atoms with E-state index in [0.29, 0.717) is 24.4 Å². The van der Waals surface area contributed by atoms with Crippen LogP contribution < -0.4 is 5.32 Å².